The van der Waals surface area contributed by atoms with Gasteiger partial charge in [0.2, 0.25) is 5.78 Å². The van der Waals surface area contributed by atoms with Crippen molar-refractivity contribution in [3.63, 3.8) is 0 Å². The van der Waals surface area contributed by atoms with Crippen molar-refractivity contribution in [1.29, 1.82) is 0 Å². The molecule has 1 amide bonds. The van der Waals surface area contributed by atoms with Gasteiger partial charge >= 0.3 is 0 Å². The standard InChI is InChI=1S/C25H31N3O4/c1-16(2)15-32-19-8-9-20(17(3)13-19)23(29)21-22(18-7-6-10-26-14-18)28(12-11-27(4)5)25(31)24(21)30/h6-10,13-14,16,21-22H,11-12,15H2,1-5H3/p+2. The van der Waals surface area contributed by atoms with Crippen LogP contribution in [0.25, 0.3) is 0 Å². The maximum Gasteiger partial charge on any atom is 0.291 e. The molecule has 1 aliphatic heterocycles. The fourth-order valence-corrected chi connectivity index (χ4v) is 3.97. The summed E-state index contributed by atoms with van der Waals surface area (Å²) in [6, 6.07) is 8.30. The van der Waals surface area contributed by atoms with Crippen LogP contribution >= 0.6 is 0 Å². The summed E-state index contributed by atoms with van der Waals surface area (Å²) in [5, 5.41) is 0. The van der Waals surface area contributed by atoms with Crippen LogP contribution in [-0.4, -0.2) is 56.2 Å². The predicted molar refractivity (Wildman–Crippen MR) is 119 cm³/mol. The summed E-state index contributed by atoms with van der Waals surface area (Å²) in [7, 11) is 3.98. The van der Waals surface area contributed by atoms with E-state index in [1.807, 2.05) is 39.2 Å². The van der Waals surface area contributed by atoms with E-state index in [1.54, 1.807) is 29.4 Å². The van der Waals surface area contributed by atoms with Crippen LogP contribution in [0.1, 0.15) is 41.4 Å². The van der Waals surface area contributed by atoms with Gasteiger partial charge in [0, 0.05) is 17.2 Å². The Bertz CT molecular complexity index is 988. The van der Waals surface area contributed by atoms with Gasteiger partial charge in [0.05, 0.1) is 39.8 Å². The minimum Gasteiger partial charge on any atom is -0.493 e. The summed E-state index contributed by atoms with van der Waals surface area (Å²) >= 11 is 0. The lowest BCUT2D eigenvalue weighted by atomic mass is 9.85. The first-order valence-corrected chi connectivity index (χ1v) is 11.1. The predicted octanol–water partition coefficient (Wildman–Crippen LogP) is 0.940. The lowest BCUT2D eigenvalue weighted by Gasteiger charge is -2.26. The summed E-state index contributed by atoms with van der Waals surface area (Å²) < 4.78 is 5.76. The normalized spacial score (nSPS) is 18.7. The molecule has 3 rings (SSSR count). The molecule has 2 aromatic rings. The molecule has 0 radical (unpaired) electrons. The second kappa shape index (κ2) is 10.0. The third-order valence-corrected chi connectivity index (χ3v) is 5.66. The number of hydrogen-bond donors (Lipinski definition) is 1. The van der Waals surface area contributed by atoms with E-state index in [1.165, 1.54) is 0 Å². The molecule has 0 spiro atoms. The Labute approximate surface area is 189 Å². The van der Waals surface area contributed by atoms with Crippen molar-refractivity contribution in [3.05, 3.63) is 59.4 Å². The van der Waals surface area contributed by atoms with E-state index >= 15 is 0 Å². The highest BCUT2D eigenvalue weighted by atomic mass is 16.5. The Balaban J connectivity index is 1.95. The largest absolute Gasteiger partial charge is 0.493 e. The molecule has 7 heteroatoms. The number of aryl methyl sites for hydroxylation is 1. The fourth-order valence-electron chi connectivity index (χ4n) is 3.97. The number of pyridine rings is 1. The molecule has 1 saturated heterocycles. The monoisotopic (exact) mass is 439 g/mol. The molecule has 2 unspecified atom stereocenters. The van der Waals surface area contributed by atoms with Crippen molar-refractivity contribution < 1.29 is 29.0 Å². The van der Waals surface area contributed by atoms with Crippen LogP contribution in [0.15, 0.2) is 42.7 Å². The van der Waals surface area contributed by atoms with Crippen LogP contribution < -0.4 is 14.6 Å². The van der Waals surface area contributed by atoms with Crippen molar-refractivity contribution in [2.45, 2.75) is 26.8 Å². The summed E-state index contributed by atoms with van der Waals surface area (Å²) in [5.74, 6) is -1.56. The molecule has 0 aliphatic carbocycles. The van der Waals surface area contributed by atoms with E-state index in [9.17, 15) is 14.4 Å². The molecule has 1 fully saturated rings. The van der Waals surface area contributed by atoms with E-state index in [0.29, 0.717) is 36.9 Å². The Morgan fingerprint density at radius 2 is 1.97 bits per heavy atom. The second-order valence-electron chi connectivity index (χ2n) is 9.13. The number of benzene rings is 1. The lowest BCUT2D eigenvalue weighted by Crippen LogP contribution is -3.06. The number of H-pyrrole nitrogens is 1. The van der Waals surface area contributed by atoms with Crippen molar-refractivity contribution >= 4 is 17.5 Å². The van der Waals surface area contributed by atoms with Crippen LogP contribution in [-0.2, 0) is 9.59 Å². The van der Waals surface area contributed by atoms with Gasteiger partial charge < -0.3 is 14.5 Å². The average molecular weight is 440 g/mol. The van der Waals surface area contributed by atoms with Gasteiger partial charge in [0.1, 0.15) is 11.7 Å². The molecular formula is C25H33N3O4+2. The fraction of sp³-hybridized carbons (Fsp3) is 0.440. The average Bonchev–Trinajstić information content (AvgIpc) is 3.01. The molecule has 1 aromatic carbocycles. The van der Waals surface area contributed by atoms with Crippen LogP contribution in [0.2, 0.25) is 0 Å². The van der Waals surface area contributed by atoms with Crippen molar-refractivity contribution in [2.24, 2.45) is 11.8 Å². The summed E-state index contributed by atoms with van der Waals surface area (Å²) in [6.45, 7) is 7.62. The van der Waals surface area contributed by atoms with Crippen molar-refractivity contribution in [3.8, 4) is 5.75 Å². The molecule has 7 nitrogen and oxygen atoms in total. The number of Topliss-reactive ketones (excluding diaryl/α,β-unsaturated/α-hetero) is 2. The second-order valence-corrected chi connectivity index (χ2v) is 9.13. The van der Waals surface area contributed by atoms with Gasteiger partial charge in [-0.05, 0) is 42.7 Å². The number of likely N-dealkylation sites (tertiary alicyclic amines) is 1. The van der Waals surface area contributed by atoms with Crippen LogP contribution in [0.3, 0.4) is 0 Å². The van der Waals surface area contributed by atoms with E-state index in [-0.39, 0.29) is 5.78 Å². The lowest BCUT2D eigenvalue weighted by molar-refractivity contribution is -0.857. The number of aromatic nitrogens is 1. The van der Waals surface area contributed by atoms with Crippen molar-refractivity contribution in [1.82, 2.24) is 4.90 Å². The Morgan fingerprint density at radius 3 is 2.56 bits per heavy atom. The van der Waals surface area contributed by atoms with Crippen LogP contribution in [0.5, 0.6) is 5.75 Å². The van der Waals surface area contributed by atoms with E-state index in [0.717, 1.165) is 16.0 Å². The zero-order valence-electron chi connectivity index (χ0n) is 19.5. The number of ketones is 2. The number of likely N-dealkylation sites (N-methyl/N-ethyl adjacent to an activating group) is 1. The molecule has 1 aliphatic rings. The number of quaternary nitrogens is 1. The molecule has 32 heavy (non-hydrogen) atoms. The molecular weight excluding hydrogens is 406 g/mol. The van der Waals surface area contributed by atoms with Gasteiger partial charge in [-0.15, -0.1) is 0 Å². The van der Waals surface area contributed by atoms with Crippen LogP contribution in [0, 0.1) is 18.8 Å². The van der Waals surface area contributed by atoms with Gasteiger partial charge in [0.25, 0.3) is 5.91 Å². The Kier molecular flexibility index (Phi) is 7.40. The highest BCUT2D eigenvalue weighted by molar-refractivity contribution is 6.44. The minimum absolute atomic E-state index is 0.329. The molecule has 0 bridgehead atoms. The number of nitrogens with zero attached hydrogens (tertiary/aromatic N) is 1. The van der Waals surface area contributed by atoms with E-state index in [2.05, 4.69) is 18.8 Å². The highest BCUT2D eigenvalue weighted by Crippen LogP contribution is 2.38. The molecule has 1 aromatic heterocycles. The summed E-state index contributed by atoms with van der Waals surface area (Å²) in [4.78, 5) is 45.3. The number of aromatic amines is 1. The SMILES string of the molecule is Cc1cc(OCC(C)C)ccc1C(=O)C1C(=O)C(=O)N(CC[NH+](C)C)C1c1ccc[nH+]c1. The Hall–Kier alpha value is -3.06. The summed E-state index contributed by atoms with van der Waals surface area (Å²) in [5.41, 5.74) is 1.91. The number of amides is 1. The first-order chi connectivity index (χ1) is 15.2. The number of carbonyl (C=O) groups excluding carboxylic acids is 3. The van der Waals surface area contributed by atoms with Crippen molar-refractivity contribution in [2.75, 3.05) is 33.8 Å². The molecule has 2 atom stereocenters. The van der Waals surface area contributed by atoms with E-state index in [4.69, 9.17) is 4.74 Å². The van der Waals surface area contributed by atoms with Gasteiger partial charge in [-0.25, -0.2) is 4.98 Å². The third-order valence-electron chi connectivity index (χ3n) is 5.66. The number of ether oxygens (including phenoxy) is 1. The molecule has 170 valence electrons. The maximum atomic E-state index is 13.6. The molecule has 2 N–H and O–H groups in total. The minimum atomic E-state index is -1.07. The zero-order valence-corrected chi connectivity index (χ0v) is 19.5. The Morgan fingerprint density at radius 1 is 1.22 bits per heavy atom. The summed E-state index contributed by atoms with van der Waals surface area (Å²) in [6.07, 6.45) is 3.51. The third kappa shape index (κ3) is 5.05. The van der Waals surface area contributed by atoms with Gasteiger partial charge in [-0.1, -0.05) is 13.8 Å². The van der Waals surface area contributed by atoms with Crippen LogP contribution in [0.4, 0.5) is 0 Å². The number of rotatable bonds is 9. The maximum absolute atomic E-state index is 13.6. The number of hydrogen-bond acceptors (Lipinski definition) is 4. The first kappa shape index (κ1) is 23.6. The number of nitrogens with one attached hydrogen (secondary N) is 2. The smallest absolute Gasteiger partial charge is 0.291 e. The van der Waals surface area contributed by atoms with Gasteiger partial charge in [-0.2, -0.15) is 0 Å². The zero-order chi connectivity index (χ0) is 23.4. The van der Waals surface area contributed by atoms with Gasteiger partial charge in [-0.3, -0.25) is 14.4 Å². The molecule has 2 heterocycles. The topological polar surface area (TPSA) is 82.3 Å². The first-order valence-electron chi connectivity index (χ1n) is 11.1. The van der Waals surface area contributed by atoms with Gasteiger partial charge in [0.15, 0.2) is 18.2 Å². The number of carbonyl (C=O) groups is 3. The molecule has 0 saturated carbocycles. The van der Waals surface area contributed by atoms with E-state index < -0.39 is 23.7 Å². The quantitative estimate of drug-likeness (QED) is 0.358. The highest BCUT2D eigenvalue weighted by Gasteiger charge is 2.52.